The van der Waals surface area contributed by atoms with Gasteiger partial charge in [-0.15, -0.1) is 0 Å². The van der Waals surface area contributed by atoms with Crippen molar-refractivity contribution in [2.24, 2.45) is 0 Å². The van der Waals surface area contributed by atoms with Crippen molar-refractivity contribution in [1.29, 1.82) is 0 Å². The van der Waals surface area contributed by atoms with Crippen LogP contribution < -0.4 is 9.80 Å². The quantitative estimate of drug-likeness (QED) is 0.780. The molecule has 146 valence electrons. The average Bonchev–Trinajstić information content (AvgIpc) is 2.45. The number of aryl methyl sites for hydroxylation is 1. The number of halogens is 1. The Hall–Kier alpha value is -1.11. The average molecular weight is 383 g/mol. The maximum atomic E-state index is 6.61. The van der Waals surface area contributed by atoms with Gasteiger partial charge in [0, 0.05) is 26.2 Å². The summed E-state index contributed by atoms with van der Waals surface area (Å²) in [6, 6.07) is 0. The molecule has 7 heteroatoms. The molecular formula is C19H31ClN4O2. The van der Waals surface area contributed by atoms with Gasteiger partial charge in [-0.25, -0.2) is 4.98 Å². The highest BCUT2D eigenvalue weighted by molar-refractivity contribution is 6.33. The van der Waals surface area contributed by atoms with Crippen LogP contribution in [0.1, 0.15) is 47.2 Å². The third-order valence-electron chi connectivity index (χ3n) is 4.71. The van der Waals surface area contributed by atoms with Crippen LogP contribution in [0, 0.1) is 6.92 Å². The summed E-state index contributed by atoms with van der Waals surface area (Å²) in [7, 11) is 0. The molecule has 0 N–H and O–H groups in total. The molecule has 0 bridgehead atoms. The van der Waals surface area contributed by atoms with E-state index in [1.54, 1.807) is 0 Å². The SMILES string of the molecule is Cc1nc(N2C[C@@H](C)OC(C)(C)C2)nc(N2C[C@@H](C)OC(C)(C)C2)c1Cl. The monoisotopic (exact) mass is 382 g/mol. The van der Waals surface area contributed by atoms with Gasteiger partial charge in [-0.1, -0.05) is 11.6 Å². The van der Waals surface area contributed by atoms with Crippen molar-refractivity contribution >= 4 is 23.4 Å². The number of nitrogens with zero attached hydrogens (tertiary/aromatic N) is 4. The standard InChI is InChI=1S/C19H31ClN4O2/c1-12-8-23(10-18(4,5)25-12)16-15(20)14(3)21-17(22-16)24-9-13(2)26-19(6,7)11-24/h12-13H,8-11H2,1-7H3/t12-,13-/m1/s1. The van der Waals surface area contributed by atoms with E-state index in [0.29, 0.717) is 5.02 Å². The summed E-state index contributed by atoms with van der Waals surface area (Å²) in [5, 5.41) is 0.624. The first-order chi connectivity index (χ1) is 12.0. The summed E-state index contributed by atoms with van der Waals surface area (Å²) in [6.07, 6.45) is 0.250. The lowest BCUT2D eigenvalue weighted by Crippen LogP contribution is -2.53. The highest BCUT2D eigenvalue weighted by Crippen LogP contribution is 2.33. The van der Waals surface area contributed by atoms with Crippen LogP contribution in [0.25, 0.3) is 0 Å². The highest BCUT2D eigenvalue weighted by Gasteiger charge is 2.36. The zero-order chi connectivity index (χ0) is 19.3. The number of anilines is 2. The minimum atomic E-state index is -0.241. The Labute approximate surface area is 161 Å². The number of rotatable bonds is 2. The second-order valence-corrected chi connectivity index (χ2v) is 9.26. The molecule has 0 saturated carbocycles. The second-order valence-electron chi connectivity index (χ2n) is 8.88. The summed E-state index contributed by atoms with van der Waals surface area (Å²) in [4.78, 5) is 14.0. The number of hydrogen-bond donors (Lipinski definition) is 0. The summed E-state index contributed by atoms with van der Waals surface area (Å²) in [5.41, 5.74) is 0.334. The summed E-state index contributed by atoms with van der Waals surface area (Å²) < 4.78 is 12.0. The molecule has 2 fully saturated rings. The largest absolute Gasteiger partial charge is 0.369 e. The van der Waals surface area contributed by atoms with Crippen LogP contribution in [0.4, 0.5) is 11.8 Å². The van der Waals surface area contributed by atoms with Gasteiger partial charge in [0.05, 0.1) is 29.1 Å². The van der Waals surface area contributed by atoms with Crippen molar-refractivity contribution in [3.63, 3.8) is 0 Å². The zero-order valence-electron chi connectivity index (χ0n) is 17.0. The Bertz CT molecular complexity index is 680. The fourth-order valence-corrected chi connectivity index (χ4v) is 4.31. The molecule has 6 nitrogen and oxygen atoms in total. The minimum absolute atomic E-state index is 0.121. The first-order valence-corrected chi connectivity index (χ1v) is 9.73. The van der Waals surface area contributed by atoms with Crippen molar-refractivity contribution in [3.8, 4) is 0 Å². The summed E-state index contributed by atoms with van der Waals surface area (Å²) in [5.74, 6) is 1.52. The molecule has 0 radical (unpaired) electrons. The van der Waals surface area contributed by atoms with Gasteiger partial charge in [0.15, 0.2) is 5.82 Å². The summed E-state index contributed by atoms with van der Waals surface area (Å²) in [6.45, 7) is 17.6. The number of morpholine rings is 2. The molecule has 0 unspecified atom stereocenters. The van der Waals surface area contributed by atoms with Crippen molar-refractivity contribution in [2.45, 2.75) is 71.9 Å². The fourth-order valence-electron chi connectivity index (χ4n) is 4.10. The lowest BCUT2D eigenvalue weighted by molar-refractivity contribution is -0.0754. The highest BCUT2D eigenvalue weighted by atomic mass is 35.5. The van der Waals surface area contributed by atoms with E-state index in [1.165, 1.54) is 0 Å². The minimum Gasteiger partial charge on any atom is -0.369 e. The van der Waals surface area contributed by atoms with Gasteiger partial charge >= 0.3 is 0 Å². The molecule has 0 aliphatic carbocycles. The Kier molecular flexibility index (Phi) is 5.14. The maximum Gasteiger partial charge on any atom is 0.227 e. The molecule has 2 aliphatic rings. The van der Waals surface area contributed by atoms with E-state index in [-0.39, 0.29) is 23.4 Å². The van der Waals surface area contributed by atoms with Crippen LogP contribution in [0.3, 0.4) is 0 Å². The molecule has 0 amide bonds. The molecule has 1 aromatic heterocycles. The van der Waals surface area contributed by atoms with Gasteiger partial charge in [-0.05, 0) is 48.5 Å². The second kappa shape index (κ2) is 6.80. The molecule has 3 rings (SSSR count). The Balaban J connectivity index is 1.95. The van der Waals surface area contributed by atoms with Crippen LogP contribution in [-0.2, 0) is 9.47 Å². The van der Waals surface area contributed by atoms with Crippen LogP contribution in [0.2, 0.25) is 5.02 Å². The molecular weight excluding hydrogens is 352 g/mol. The van der Waals surface area contributed by atoms with Gasteiger partial charge in [0.2, 0.25) is 5.95 Å². The van der Waals surface area contributed by atoms with E-state index in [0.717, 1.165) is 43.6 Å². The third-order valence-corrected chi connectivity index (χ3v) is 5.15. The van der Waals surface area contributed by atoms with Gasteiger partial charge in [0.25, 0.3) is 0 Å². The maximum absolute atomic E-state index is 6.61. The lowest BCUT2D eigenvalue weighted by atomic mass is 10.1. The van der Waals surface area contributed by atoms with Gasteiger partial charge in [-0.2, -0.15) is 4.98 Å². The van der Waals surface area contributed by atoms with Crippen molar-refractivity contribution in [1.82, 2.24) is 9.97 Å². The number of aromatic nitrogens is 2. The van der Waals surface area contributed by atoms with E-state index in [2.05, 4.69) is 56.3 Å². The fraction of sp³-hybridized carbons (Fsp3) is 0.789. The molecule has 2 atom stereocenters. The van der Waals surface area contributed by atoms with E-state index in [1.807, 2.05) is 6.92 Å². The predicted octanol–water partition coefficient (Wildman–Crippen LogP) is 3.45. The predicted molar refractivity (Wildman–Crippen MR) is 105 cm³/mol. The molecule has 3 heterocycles. The summed E-state index contributed by atoms with van der Waals surface area (Å²) >= 11 is 6.61. The van der Waals surface area contributed by atoms with E-state index in [4.69, 9.17) is 26.1 Å². The third kappa shape index (κ3) is 4.24. The Morgan fingerprint density at radius 3 is 1.96 bits per heavy atom. The van der Waals surface area contributed by atoms with Crippen molar-refractivity contribution < 1.29 is 9.47 Å². The van der Waals surface area contributed by atoms with E-state index in [9.17, 15) is 0 Å². The van der Waals surface area contributed by atoms with Crippen LogP contribution in [-0.4, -0.2) is 59.6 Å². The van der Waals surface area contributed by atoms with Crippen LogP contribution >= 0.6 is 11.6 Å². The lowest BCUT2D eigenvalue weighted by Gasteiger charge is -2.43. The van der Waals surface area contributed by atoms with Crippen LogP contribution in [0.15, 0.2) is 0 Å². The van der Waals surface area contributed by atoms with E-state index >= 15 is 0 Å². The molecule has 2 aliphatic heterocycles. The first-order valence-electron chi connectivity index (χ1n) is 9.35. The molecule has 2 saturated heterocycles. The Morgan fingerprint density at radius 1 is 0.923 bits per heavy atom. The zero-order valence-corrected chi connectivity index (χ0v) is 17.7. The molecule has 1 aromatic rings. The van der Waals surface area contributed by atoms with Crippen molar-refractivity contribution in [2.75, 3.05) is 36.0 Å². The smallest absolute Gasteiger partial charge is 0.227 e. The number of hydrogen-bond acceptors (Lipinski definition) is 6. The van der Waals surface area contributed by atoms with Gasteiger partial charge in [-0.3, -0.25) is 0 Å². The normalized spacial score (nSPS) is 28.3. The topological polar surface area (TPSA) is 50.7 Å². The van der Waals surface area contributed by atoms with Gasteiger partial charge < -0.3 is 19.3 Å². The molecule has 0 aromatic carbocycles. The van der Waals surface area contributed by atoms with Crippen molar-refractivity contribution in [3.05, 3.63) is 10.7 Å². The molecule has 0 spiro atoms. The molecule has 26 heavy (non-hydrogen) atoms. The van der Waals surface area contributed by atoms with Gasteiger partial charge in [0.1, 0.15) is 5.02 Å². The van der Waals surface area contributed by atoms with Crippen LogP contribution in [0.5, 0.6) is 0 Å². The Morgan fingerprint density at radius 2 is 1.42 bits per heavy atom. The first kappa shape index (κ1) is 19.6. The number of ether oxygens (including phenoxy) is 2. The van der Waals surface area contributed by atoms with E-state index < -0.39 is 0 Å².